The summed E-state index contributed by atoms with van der Waals surface area (Å²) in [5.41, 5.74) is 0.788. The second-order valence-electron chi connectivity index (χ2n) is 7.82. The van der Waals surface area contributed by atoms with E-state index < -0.39 is 41.6 Å². The highest BCUT2D eigenvalue weighted by molar-refractivity contribution is 5.93. The monoisotopic (exact) mass is 445 g/mol. The average molecular weight is 445 g/mol. The SMILES string of the molecule is C[C@H](NC(=O)[C@@H](O)c1cc(F)cc(F)c1)C(=O)N[C@H]1C[C@H](c2ccccc2)CCNC1=O. The van der Waals surface area contributed by atoms with E-state index in [1.165, 1.54) is 6.92 Å². The van der Waals surface area contributed by atoms with Gasteiger partial charge in [0.1, 0.15) is 23.7 Å². The first kappa shape index (κ1) is 23.3. The number of amides is 3. The van der Waals surface area contributed by atoms with Crippen molar-refractivity contribution < 1.29 is 28.3 Å². The molecule has 4 atom stereocenters. The van der Waals surface area contributed by atoms with Gasteiger partial charge in [0.05, 0.1) is 0 Å². The number of hydrogen-bond acceptors (Lipinski definition) is 4. The molecule has 0 spiro atoms. The van der Waals surface area contributed by atoms with Gasteiger partial charge in [-0.2, -0.15) is 0 Å². The highest BCUT2D eigenvalue weighted by Gasteiger charge is 2.30. The quantitative estimate of drug-likeness (QED) is 0.543. The molecule has 3 rings (SSSR count). The van der Waals surface area contributed by atoms with Crippen LogP contribution in [0, 0.1) is 11.6 Å². The molecular weight excluding hydrogens is 420 g/mol. The summed E-state index contributed by atoms with van der Waals surface area (Å²) in [6.07, 6.45) is -0.739. The molecule has 2 aromatic rings. The minimum absolute atomic E-state index is 0.0649. The van der Waals surface area contributed by atoms with Crippen molar-refractivity contribution in [2.24, 2.45) is 0 Å². The van der Waals surface area contributed by atoms with E-state index in [0.717, 1.165) is 24.1 Å². The summed E-state index contributed by atoms with van der Waals surface area (Å²) in [6, 6.07) is 10.1. The summed E-state index contributed by atoms with van der Waals surface area (Å²) >= 11 is 0. The van der Waals surface area contributed by atoms with Crippen LogP contribution in [-0.2, 0) is 14.4 Å². The van der Waals surface area contributed by atoms with Gasteiger partial charge in [-0.15, -0.1) is 0 Å². The highest BCUT2D eigenvalue weighted by atomic mass is 19.1. The molecule has 7 nitrogen and oxygen atoms in total. The lowest BCUT2D eigenvalue weighted by Crippen LogP contribution is -2.52. The zero-order chi connectivity index (χ0) is 23.3. The second-order valence-corrected chi connectivity index (χ2v) is 7.82. The Kier molecular flexibility index (Phi) is 7.53. The van der Waals surface area contributed by atoms with Crippen molar-refractivity contribution in [3.8, 4) is 0 Å². The Balaban J connectivity index is 1.62. The van der Waals surface area contributed by atoms with E-state index in [2.05, 4.69) is 16.0 Å². The Morgan fingerprint density at radius 3 is 2.41 bits per heavy atom. The maximum absolute atomic E-state index is 13.3. The molecule has 2 aromatic carbocycles. The van der Waals surface area contributed by atoms with Gasteiger partial charge in [0.2, 0.25) is 11.8 Å². The minimum Gasteiger partial charge on any atom is -0.378 e. The molecule has 0 aliphatic carbocycles. The molecule has 1 fully saturated rings. The van der Waals surface area contributed by atoms with Gasteiger partial charge in [-0.25, -0.2) is 8.78 Å². The molecule has 3 amide bonds. The third-order valence-electron chi connectivity index (χ3n) is 5.42. The van der Waals surface area contributed by atoms with Gasteiger partial charge in [0.15, 0.2) is 6.10 Å². The summed E-state index contributed by atoms with van der Waals surface area (Å²) < 4.78 is 26.7. The normalized spacial score (nSPS) is 20.4. The summed E-state index contributed by atoms with van der Waals surface area (Å²) in [4.78, 5) is 37.3. The molecule has 0 unspecified atom stereocenters. The smallest absolute Gasteiger partial charge is 0.254 e. The van der Waals surface area contributed by atoms with Crippen molar-refractivity contribution in [2.75, 3.05) is 6.54 Å². The van der Waals surface area contributed by atoms with Gasteiger partial charge in [0.25, 0.3) is 5.91 Å². The number of aliphatic hydroxyl groups is 1. The summed E-state index contributed by atoms with van der Waals surface area (Å²) in [7, 11) is 0. The van der Waals surface area contributed by atoms with Gasteiger partial charge in [-0.05, 0) is 48.9 Å². The Morgan fingerprint density at radius 1 is 1.09 bits per heavy atom. The van der Waals surface area contributed by atoms with Crippen molar-refractivity contribution >= 4 is 17.7 Å². The first-order valence-corrected chi connectivity index (χ1v) is 10.3. The molecule has 9 heteroatoms. The largest absolute Gasteiger partial charge is 0.378 e. The lowest BCUT2D eigenvalue weighted by molar-refractivity contribution is -0.135. The van der Waals surface area contributed by atoms with Crippen LogP contribution in [0.4, 0.5) is 8.78 Å². The van der Waals surface area contributed by atoms with Crippen molar-refractivity contribution in [2.45, 2.75) is 43.9 Å². The fraction of sp³-hybridized carbons (Fsp3) is 0.348. The van der Waals surface area contributed by atoms with Crippen LogP contribution >= 0.6 is 0 Å². The van der Waals surface area contributed by atoms with Crippen molar-refractivity contribution in [1.29, 1.82) is 0 Å². The topological polar surface area (TPSA) is 108 Å². The van der Waals surface area contributed by atoms with Gasteiger partial charge >= 0.3 is 0 Å². The van der Waals surface area contributed by atoms with Crippen LogP contribution in [-0.4, -0.2) is 41.5 Å². The van der Waals surface area contributed by atoms with E-state index in [9.17, 15) is 28.3 Å². The van der Waals surface area contributed by atoms with Gasteiger partial charge in [0, 0.05) is 12.6 Å². The van der Waals surface area contributed by atoms with Crippen molar-refractivity contribution in [1.82, 2.24) is 16.0 Å². The van der Waals surface area contributed by atoms with E-state index in [-0.39, 0.29) is 17.4 Å². The van der Waals surface area contributed by atoms with Crippen LogP contribution in [0.2, 0.25) is 0 Å². The average Bonchev–Trinajstić information content (AvgIpc) is 2.94. The number of hydrogen-bond donors (Lipinski definition) is 4. The maximum Gasteiger partial charge on any atom is 0.254 e. The zero-order valence-electron chi connectivity index (χ0n) is 17.5. The van der Waals surface area contributed by atoms with Crippen LogP contribution in [0.5, 0.6) is 0 Å². The number of carbonyl (C=O) groups is 3. The highest BCUT2D eigenvalue weighted by Crippen LogP contribution is 2.26. The standard InChI is InChI=1S/C23H25F2N3O4/c1-13(27-23(32)20(29)16-9-17(24)12-18(25)10-16)21(30)28-19-11-15(7-8-26-22(19)31)14-5-3-2-4-6-14/h2-6,9-10,12-13,15,19-20,29H,7-8,11H2,1H3,(H,26,31)(H,27,32)(H,28,30)/t13-,15+,19-,20-/m0/s1. The molecule has 1 aliphatic rings. The Hall–Kier alpha value is -3.33. The van der Waals surface area contributed by atoms with E-state index in [1.54, 1.807) is 0 Å². The molecule has 4 N–H and O–H groups in total. The second kappa shape index (κ2) is 10.3. The van der Waals surface area contributed by atoms with E-state index in [4.69, 9.17) is 0 Å². The first-order chi connectivity index (χ1) is 15.2. The van der Waals surface area contributed by atoms with Gasteiger partial charge in [-0.3, -0.25) is 14.4 Å². The fourth-order valence-corrected chi connectivity index (χ4v) is 3.69. The molecule has 1 saturated heterocycles. The Bertz CT molecular complexity index is 966. The molecular formula is C23H25F2N3O4. The number of carbonyl (C=O) groups excluding carboxylic acids is 3. The number of nitrogens with one attached hydrogen (secondary N) is 3. The van der Waals surface area contributed by atoms with E-state index in [1.807, 2.05) is 30.3 Å². The van der Waals surface area contributed by atoms with Crippen molar-refractivity contribution in [3.63, 3.8) is 0 Å². The number of halogens is 2. The zero-order valence-corrected chi connectivity index (χ0v) is 17.5. The molecule has 0 radical (unpaired) electrons. The Morgan fingerprint density at radius 2 is 1.75 bits per heavy atom. The van der Waals surface area contributed by atoms with Crippen LogP contribution in [0.25, 0.3) is 0 Å². The minimum atomic E-state index is -1.86. The van der Waals surface area contributed by atoms with Crippen LogP contribution in [0.1, 0.15) is 42.9 Å². The molecule has 1 heterocycles. The molecule has 32 heavy (non-hydrogen) atoms. The summed E-state index contributed by atoms with van der Waals surface area (Å²) in [6.45, 7) is 1.86. The van der Waals surface area contributed by atoms with Crippen LogP contribution in [0.15, 0.2) is 48.5 Å². The van der Waals surface area contributed by atoms with Gasteiger partial charge in [-0.1, -0.05) is 30.3 Å². The third kappa shape index (κ3) is 5.88. The molecule has 170 valence electrons. The maximum atomic E-state index is 13.3. The van der Waals surface area contributed by atoms with Crippen LogP contribution in [0.3, 0.4) is 0 Å². The van der Waals surface area contributed by atoms with E-state index in [0.29, 0.717) is 19.0 Å². The molecule has 0 bridgehead atoms. The Labute approximate surface area is 184 Å². The lowest BCUT2D eigenvalue weighted by Gasteiger charge is -2.23. The summed E-state index contributed by atoms with van der Waals surface area (Å²) in [5.74, 6) is -3.74. The molecule has 1 aliphatic heterocycles. The number of rotatable bonds is 6. The lowest BCUT2D eigenvalue weighted by atomic mass is 9.90. The fourth-order valence-electron chi connectivity index (χ4n) is 3.69. The molecule has 0 saturated carbocycles. The van der Waals surface area contributed by atoms with Gasteiger partial charge < -0.3 is 21.1 Å². The molecule has 0 aromatic heterocycles. The predicted octanol–water partition coefficient (Wildman–Crippen LogP) is 1.68. The van der Waals surface area contributed by atoms with Crippen LogP contribution < -0.4 is 16.0 Å². The third-order valence-corrected chi connectivity index (χ3v) is 5.42. The van der Waals surface area contributed by atoms with E-state index >= 15 is 0 Å². The summed E-state index contributed by atoms with van der Waals surface area (Å²) in [5, 5.41) is 17.8. The predicted molar refractivity (Wildman–Crippen MR) is 112 cm³/mol. The number of aliphatic hydroxyl groups excluding tert-OH is 1. The number of benzene rings is 2. The first-order valence-electron chi connectivity index (χ1n) is 10.3. The van der Waals surface area contributed by atoms with Crippen molar-refractivity contribution in [3.05, 3.63) is 71.3 Å².